The highest BCUT2D eigenvalue weighted by atomic mass is 79.9. The van der Waals surface area contributed by atoms with Crippen LogP contribution in [0.25, 0.3) is 11.6 Å². The first-order chi connectivity index (χ1) is 14.7. The van der Waals surface area contributed by atoms with Crippen molar-refractivity contribution >= 4 is 33.5 Å². The Morgan fingerprint density at radius 3 is 2.58 bits per heavy atom. The van der Waals surface area contributed by atoms with Crippen molar-refractivity contribution in [3.8, 4) is 0 Å². The second-order valence-electron chi connectivity index (χ2n) is 8.56. The number of amides is 1. The smallest absolute Gasteiger partial charge is 0.253 e. The molecule has 0 saturated carbocycles. The summed E-state index contributed by atoms with van der Waals surface area (Å²) in [6, 6.07) is 8.40. The molecule has 0 spiro atoms. The van der Waals surface area contributed by atoms with Crippen LogP contribution >= 0.6 is 15.9 Å². The Morgan fingerprint density at radius 2 is 2.00 bits per heavy atom. The van der Waals surface area contributed by atoms with Gasteiger partial charge in [-0.1, -0.05) is 39.7 Å². The third-order valence-electron chi connectivity index (χ3n) is 6.18. The van der Waals surface area contributed by atoms with Crippen LogP contribution in [0.15, 0.2) is 46.6 Å². The lowest BCUT2D eigenvalue weighted by atomic mass is 9.93. The lowest BCUT2D eigenvalue weighted by Crippen LogP contribution is -2.37. The molecule has 1 aromatic carbocycles. The minimum atomic E-state index is 0.0463. The Labute approximate surface area is 194 Å². The lowest BCUT2D eigenvalue weighted by Gasteiger charge is -2.33. The molecular formula is C26H32BrN3O. The van der Waals surface area contributed by atoms with E-state index in [0.717, 1.165) is 46.4 Å². The van der Waals surface area contributed by atoms with Crippen molar-refractivity contribution in [2.45, 2.75) is 40.2 Å². The molecule has 4 nitrogen and oxygen atoms in total. The van der Waals surface area contributed by atoms with Gasteiger partial charge in [-0.05, 0) is 69.0 Å². The molecule has 1 amide bonds. The first-order valence-electron chi connectivity index (χ1n) is 10.7. The largest absolute Gasteiger partial charge is 0.345 e. The Bertz CT molecular complexity index is 1020. The van der Waals surface area contributed by atoms with E-state index in [1.54, 1.807) is 19.0 Å². The zero-order valence-corrected chi connectivity index (χ0v) is 21.0. The van der Waals surface area contributed by atoms with E-state index < -0.39 is 0 Å². The van der Waals surface area contributed by atoms with Crippen LogP contribution in [0.1, 0.15) is 53.0 Å². The van der Waals surface area contributed by atoms with Crippen molar-refractivity contribution in [3.63, 3.8) is 0 Å². The maximum atomic E-state index is 12.2. The van der Waals surface area contributed by atoms with Gasteiger partial charge in [0.1, 0.15) is 0 Å². The molecule has 5 heteroatoms. The molecule has 1 aliphatic rings. The predicted molar refractivity (Wildman–Crippen MR) is 133 cm³/mol. The van der Waals surface area contributed by atoms with E-state index in [1.807, 2.05) is 31.3 Å². The Hall–Kier alpha value is -2.24. The van der Waals surface area contributed by atoms with E-state index in [0.29, 0.717) is 6.04 Å². The average Bonchev–Trinajstić information content (AvgIpc) is 2.75. The minimum absolute atomic E-state index is 0.0463. The summed E-state index contributed by atoms with van der Waals surface area (Å²) in [7, 11) is 3.57. The van der Waals surface area contributed by atoms with Gasteiger partial charge in [0.25, 0.3) is 5.91 Å². The lowest BCUT2D eigenvalue weighted by molar-refractivity contribution is 0.0827. The van der Waals surface area contributed by atoms with Crippen LogP contribution < -0.4 is 0 Å². The average molecular weight is 482 g/mol. The number of aromatic nitrogens is 1. The molecule has 1 atom stereocenters. The maximum absolute atomic E-state index is 12.2. The van der Waals surface area contributed by atoms with Gasteiger partial charge in [0.2, 0.25) is 0 Å². The molecule has 3 rings (SSSR count). The fourth-order valence-corrected chi connectivity index (χ4v) is 4.57. The topological polar surface area (TPSA) is 36.4 Å². The number of rotatable bonds is 5. The second kappa shape index (κ2) is 9.92. The Morgan fingerprint density at radius 1 is 1.26 bits per heavy atom. The van der Waals surface area contributed by atoms with Crippen LogP contribution in [0.3, 0.4) is 0 Å². The fourth-order valence-electron chi connectivity index (χ4n) is 4.05. The number of hydrogen-bond acceptors (Lipinski definition) is 3. The molecular weight excluding hydrogens is 450 g/mol. The van der Waals surface area contributed by atoms with E-state index >= 15 is 0 Å². The van der Waals surface area contributed by atoms with E-state index in [-0.39, 0.29) is 5.91 Å². The molecule has 0 saturated heterocycles. The zero-order valence-electron chi connectivity index (χ0n) is 19.4. The summed E-state index contributed by atoms with van der Waals surface area (Å²) in [6.07, 6.45) is 7.43. The van der Waals surface area contributed by atoms with E-state index in [1.165, 1.54) is 16.7 Å². The number of benzene rings is 1. The standard InChI is InChI=1S/C26H32BrN3O/c1-17(16-24-19(3)28-12-9-25(24)27)20(4)30-13-10-21(11-14-30)23-8-7-22(15-18(23)2)26(31)29(5)6/h7-10,12,15-16,20H,11,13-14H2,1-6H3/b17-16+. The van der Waals surface area contributed by atoms with Gasteiger partial charge in [-0.2, -0.15) is 0 Å². The molecule has 2 aromatic rings. The molecule has 1 aromatic heterocycles. The van der Waals surface area contributed by atoms with Crippen LogP contribution in [0, 0.1) is 13.8 Å². The number of nitrogens with zero attached hydrogens (tertiary/aromatic N) is 3. The van der Waals surface area contributed by atoms with Gasteiger partial charge >= 0.3 is 0 Å². The molecule has 0 N–H and O–H groups in total. The van der Waals surface area contributed by atoms with Gasteiger partial charge in [0.05, 0.1) is 0 Å². The van der Waals surface area contributed by atoms with Gasteiger partial charge in [0, 0.05) is 60.7 Å². The van der Waals surface area contributed by atoms with Gasteiger partial charge < -0.3 is 4.90 Å². The summed E-state index contributed by atoms with van der Waals surface area (Å²) in [5.41, 5.74) is 8.05. The molecule has 0 fully saturated rings. The van der Waals surface area contributed by atoms with Gasteiger partial charge in [-0.3, -0.25) is 14.7 Å². The molecule has 0 bridgehead atoms. The van der Waals surface area contributed by atoms with Gasteiger partial charge in [0.15, 0.2) is 0 Å². The summed E-state index contributed by atoms with van der Waals surface area (Å²) < 4.78 is 1.08. The SMILES string of the molecule is C/C(=C\c1c(Br)ccnc1C)C(C)N1CC=C(c2ccc(C(=O)N(C)C)cc2C)CC1. The number of carbonyl (C=O) groups excluding carboxylic acids is 1. The first-order valence-corrected chi connectivity index (χ1v) is 11.5. The molecule has 0 radical (unpaired) electrons. The number of pyridine rings is 1. The summed E-state index contributed by atoms with van der Waals surface area (Å²) in [5.74, 6) is 0.0463. The van der Waals surface area contributed by atoms with Crippen LogP contribution in [0.4, 0.5) is 0 Å². The number of carbonyl (C=O) groups is 1. The van der Waals surface area contributed by atoms with E-state index in [9.17, 15) is 4.79 Å². The van der Waals surface area contributed by atoms with Crippen molar-refractivity contribution in [3.05, 3.63) is 74.5 Å². The summed E-state index contributed by atoms with van der Waals surface area (Å²) in [5, 5.41) is 0. The summed E-state index contributed by atoms with van der Waals surface area (Å²) >= 11 is 3.65. The van der Waals surface area contributed by atoms with Crippen molar-refractivity contribution in [1.82, 2.24) is 14.8 Å². The summed E-state index contributed by atoms with van der Waals surface area (Å²) in [6.45, 7) is 10.6. The minimum Gasteiger partial charge on any atom is -0.345 e. The van der Waals surface area contributed by atoms with Crippen molar-refractivity contribution < 1.29 is 4.79 Å². The van der Waals surface area contributed by atoms with E-state index in [2.05, 4.69) is 64.8 Å². The van der Waals surface area contributed by atoms with Crippen LogP contribution in [-0.2, 0) is 0 Å². The number of hydrogen-bond donors (Lipinski definition) is 0. The normalized spacial score (nSPS) is 16.1. The van der Waals surface area contributed by atoms with Crippen molar-refractivity contribution in [2.75, 3.05) is 27.2 Å². The molecule has 2 heterocycles. The third-order valence-corrected chi connectivity index (χ3v) is 6.87. The highest BCUT2D eigenvalue weighted by Gasteiger charge is 2.20. The summed E-state index contributed by atoms with van der Waals surface area (Å²) in [4.78, 5) is 20.8. The van der Waals surface area contributed by atoms with E-state index in [4.69, 9.17) is 0 Å². The molecule has 1 unspecified atom stereocenters. The van der Waals surface area contributed by atoms with Gasteiger partial charge in [-0.15, -0.1) is 0 Å². The van der Waals surface area contributed by atoms with Crippen molar-refractivity contribution in [1.29, 1.82) is 0 Å². The van der Waals surface area contributed by atoms with Crippen molar-refractivity contribution in [2.24, 2.45) is 0 Å². The highest BCUT2D eigenvalue weighted by molar-refractivity contribution is 9.10. The zero-order chi connectivity index (χ0) is 22.7. The fraction of sp³-hybridized carbons (Fsp3) is 0.385. The monoisotopic (exact) mass is 481 g/mol. The molecule has 31 heavy (non-hydrogen) atoms. The first kappa shape index (κ1) is 23.4. The predicted octanol–water partition coefficient (Wildman–Crippen LogP) is 5.74. The maximum Gasteiger partial charge on any atom is 0.253 e. The molecule has 1 aliphatic heterocycles. The molecule has 0 aliphatic carbocycles. The Balaban J connectivity index is 1.74. The second-order valence-corrected chi connectivity index (χ2v) is 9.41. The highest BCUT2D eigenvalue weighted by Crippen LogP contribution is 2.29. The van der Waals surface area contributed by atoms with Gasteiger partial charge in [-0.25, -0.2) is 0 Å². The van der Waals surface area contributed by atoms with Crippen LogP contribution in [-0.4, -0.2) is 53.9 Å². The molecule has 164 valence electrons. The number of aryl methyl sites for hydroxylation is 2. The quantitative estimate of drug-likeness (QED) is 0.545. The Kier molecular flexibility index (Phi) is 7.50. The third kappa shape index (κ3) is 5.34. The van der Waals surface area contributed by atoms with Crippen LogP contribution in [0.5, 0.6) is 0 Å². The number of halogens is 1. The van der Waals surface area contributed by atoms with Crippen LogP contribution in [0.2, 0.25) is 0 Å².